The molecule has 2 aromatic carbocycles. The number of nitrogens with zero attached hydrogens (tertiary/aromatic N) is 1. The molecule has 6 heteroatoms. The summed E-state index contributed by atoms with van der Waals surface area (Å²) in [5, 5.41) is 6.45. The first-order valence-electron chi connectivity index (χ1n) is 7.80. The molecule has 1 heterocycles. The van der Waals surface area contributed by atoms with Crippen LogP contribution in [0.4, 0.5) is 4.79 Å². The molecule has 3 rings (SSSR count). The first kappa shape index (κ1) is 16.3. The van der Waals surface area contributed by atoms with Crippen LogP contribution in [0, 0.1) is 0 Å². The highest BCUT2D eigenvalue weighted by molar-refractivity contribution is 6.30. The van der Waals surface area contributed by atoms with E-state index in [-0.39, 0.29) is 18.1 Å². The molecule has 3 aromatic rings. The van der Waals surface area contributed by atoms with E-state index in [0.717, 1.165) is 22.4 Å². The highest BCUT2D eigenvalue weighted by Crippen LogP contribution is 2.18. The number of carbonyl (C=O) groups excluding carboxylic acids is 1. The first-order valence-corrected chi connectivity index (χ1v) is 8.18. The Morgan fingerprint density at radius 1 is 1.08 bits per heavy atom. The molecule has 124 valence electrons. The number of nitrogens with one attached hydrogen (secondary N) is 3. The summed E-state index contributed by atoms with van der Waals surface area (Å²) in [4.78, 5) is 19.9. The van der Waals surface area contributed by atoms with Crippen molar-refractivity contribution in [1.82, 2.24) is 20.6 Å². The van der Waals surface area contributed by atoms with E-state index in [1.54, 1.807) is 0 Å². The molecular formula is C18H19ClN4O. The molecule has 0 aliphatic heterocycles. The Hall–Kier alpha value is -2.53. The molecule has 0 saturated heterocycles. The number of aromatic nitrogens is 2. The van der Waals surface area contributed by atoms with Crippen LogP contribution in [0.1, 0.15) is 37.3 Å². The van der Waals surface area contributed by atoms with Gasteiger partial charge in [-0.05, 0) is 43.7 Å². The lowest BCUT2D eigenvalue weighted by Gasteiger charge is -2.17. The van der Waals surface area contributed by atoms with Crippen molar-refractivity contribution in [1.29, 1.82) is 0 Å². The van der Waals surface area contributed by atoms with Crippen molar-refractivity contribution in [2.24, 2.45) is 0 Å². The zero-order valence-corrected chi connectivity index (χ0v) is 14.3. The molecule has 1 aromatic heterocycles. The summed E-state index contributed by atoms with van der Waals surface area (Å²) < 4.78 is 0. The SMILES string of the molecule is CC(NC(=O)NC(C)c1nc2ccccc2[nH]1)c1cccc(Cl)c1. The van der Waals surface area contributed by atoms with Gasteiger partial charge in [-0.25, -0.2) is 9.78 Å². The molecule has 3 N–H and O–H groups in total. The monoisotopic (exact) mass is 342 g/mol. The number of para-hydroxylation sites is 2. The van der Waals surface area contributed by atoms with Crippen LogP contribution in [0.15, 0.2) is 48.5 Å². The molecule has 0 aliphatic carbocycles. The van der Waals surface area contributed by atoms with Crippen LogP contribution in [0.2, 0.25) is 5.02 Å². The summed E-state index contributed by atoms with van der Waals surface area (Å²) in [5.41, 5.74) is 2.79. The molecule has 2 atom stereocenters. The third-order valence-corrected chi connectivity index (χ3v) is 4.10. The van der Waals surface area contributed by atoms with E-state index in [4.69, 9.17) is 11.6 Å². The maximum atomic E-state index is 12.2. The molecule has 0 spiro atoms. The van der Waals surface area contributed by atoms with E-state index in [2.05, 4.69) is 20.6 Å². The number of H-pyrrole nitrogens is 1. The quantitative estimate of drug-likeness (QED) is 0.660. The van der Waals surface area contributed by atoms with Crippen LogP contribution in [-0.4, -0.2) is 16.0 Å². The minimum absolute atomic E-state index is 0.147. The van der Waals surface area contributed by atoms with E-state index in [9.17, 15) is 4.79 Å². The molecule has 0 saturated carbocycles. The number of carbonyl (C=O) groups is 1. The lowest BCUT2D eigenvalue weighted by molar-refractivity contribution is 0.234. The van der Waals surface area contributed by atoms with Crippen molar-refractivity contribution in [2.45, 2.75) is 25.9 Å². The highest BCUT2D eigenvalue weighted by Gasteiger charge is 2.15. The van der Waals surface area contributed by atoms with E-state index in [1.807, 2.05) is 62.4 Å². The van der Waals surface area contributed by atoms with Gasteiger partial charge in [-0.2, -0.15) is 0 Å². The number of fused-ring (bicyclic) bond motifs is 1. The minimum atomic E-state index is -0.254. The third-order valence-electron chi connectivity index (χ3n) is 3.86. The maximum absolute atomic E-state index is 12.2. The van der Waals surface area contributed by atoms with E-state index in [1.165, 1.54) is 0 Å². The first-order chi connectivity index (χ1) is 11.5. The van der Waals surface area contributed by atoms with E-state index >= 15 is 0 Å². The highest BCUT2D eigenvalue weighted by atomic mass is 35.5. The van der Waals surface area contributed by atoms with Gasteiger partial charge in [0.05, 0.1) is 23.1 Å². The van der Waals surface area contributed by atoms with Gasteiger partial charge in [0.1, 0.15) is 5.82 Å². The maximum Gasteiger partial charge on any atom is 0.315 e. The number of rotatable bonds is 4. The number of urea groups is 1. The summed E-state index contributed by atoms with van der Waals surface area (Å²) in [5.74, 6) is 0.724. The third kappa shape index (κ3) is 3.68. The molecule has 2 unspecified atom stereocenters. The second kappa shape index (κ2) is 6.93. The Balaban J connectivity index is 1.63. The van der Waals surface area contributed by atoms with Crippen molar-refractivity contribution in [3.8, 4) is 0 Å². The largest absolute Gasteiger partial charge is 0.340 e. The second-order valence-corrected chi connectivity index (χ2v) is 6.19. The Morgan fingerprint density at radius 3 is 2.58 bits per heavy atom. The summed E-state index contributed by atoms with van der Waals surface area (Å²) in [6, 6.07) is 14.6. The molecule has 0 fully saturated rings. The zero-order valence-electron chi connectivity index (χ0n) is 13.5. The number of halogens is 1. The molecule has 2 amide bonds. The van der Waals surface area contributed by atoms with Crippen molar-refractivity contribution in [2.75, 3.05) is 0 Å². The average Bonchev–Trinajstić information content (AvgIpc) is 2.99. The topological polar surface area (TPSA) is 69.8 Å². The van der Waals surface area contributed by atoms with Crippen molar-refractivity contribution < 1.29 is 4.79 Å². The number of amides is 2. The molecule has 24 heavy (non-hydrogen) atoms. The van der Waals surface area contributed by atoms with Crippen LogP contribution >= 0.6 is 11.6 Å². The van der Waals surface area contributed by atoms with Crippen molar-refractivity contribution in [3.63, 3.8) is 0 Å². The Kier molecular flexibility index (Phi) is 4.71. The van der Waals surface area contributed by atoms with Gasteiger partial charge in [0.25, 0.3) is 0 Å². The Morgan fingerprint density at radius 2 is 1.83 bits per heavy atom. The lowest BCUT2D eigenvalue weighted by atomic mass is 10.1. The van der Waals surface area contributed by atoms with E-state index < -0.39 is 0 Å². The predicted molar refractivity (Wildman–Crippen MR) is 96.0 cm³/mol. The van der Waals surface area contributed by atoms with Gasteiger partial charge in [0.2, 0.25) is 0 Å². The normalized spacial score (nSPS) is 13.5. The summed E-state index contributed by atoms with van der Waals surface area (Å²) in [7, 11) is 0. The Bertz CT molecular complexity index is 828. The zero-order chi connectivity index (χ0) is 17.1. The average molecular weight is 343 g/mol. The summed E-state index contributed by atoms with van der Waals surface area (Å²) in [6.07, 6.45) is 0. The van der Waals surface area contributed by atoms with Gasteiger partial charge in [-0.3, -0.25) is 0 Å². The molecule has 0 aliphatic rings. The number of imidazole rings is 1. The summed E-state index contributed by atoms with van der Waals surface area (Å²) in [6.45, 7) is 3.80. The minimum Gasteiger partial charge on any atom is -0.340 e. The molecule has 5 nitrogen and oxygen atoms in total. The van der Waals surface area contributed by atoms with Gasteiger partial charge < -0.3 is 15.6 Å². The fraction of sp³-hybridized carbons (Fsp3) is 0.222. The summed E-state index contributed by atoms with van der Waals surface area (Å²) >= 11 is 5.99. The van der Waals surface area contributed by atoms with Crippen LogP contribution in [0.5, 0.6) is 0 Å². The van der Waals surface area contributed by atoms with Crippen LogP contribution in [0.3, 0.4) is 0 Å². The smallest absolute Gasteiger partial charge is 0.315 e. The molecular weight excluding hydrogens is 324 g/mol. The number of aromatic amines is 1. The molecule has 0 radical (unpaired) electrons. The number of hydrogen-bond acceptors (Lipinski definition) is 2. The van der Waals surface area contributed by atoms with Gasteiger partial charge in [-0.1, -0.05) is 35.9 Å². The fourth-order valence-electron chi connectivity index (χ4n) is 2.54. The fourth-order valence-corrected chi connectivity index (χ4v) is 2.74. The van der Waals surface area contributed by atoms with Crippen LogP contribution < -0.4 is 10.6 Å². The van der Waals surface area contributed by atoms with Gasteiger partial charge in [0, 0.05) is 5.02 Å². The predicted octanol–water partition coefficient (Wildman–Crippen LogP) is 4.34. The van der Waals surface area contributed by atoms with Gasteiger partial charge >= 0.3 is 6.03 Å². The second-order valence-electron chi connectivity index (χ2n) is 5.76. The standard InChI is InChI=1S/C18H19ClN4O/c1-11(13-6-5-7-14(19)10-13)20-18(24)21-12(2)17-22-15-8-3-4-9-16(15)23-17/h3-12H,1-2H3,(H,22,23)(H2,20,21,24). The van der Waals surface area contributed by atoms with E-state index in [0.29, 0.717) is 5.02 Å². The van der Waals surface area contributed by atoms with Crippen molar-refractivity contribution >= 4 is 28.7 Å². The Labute approximate surface area is 145 Å². The molecule has 0 bridgehead atoms. The van der Waals surface area contributed by atoms with Gasteiger partial charge in [0.15, 0.2) is 0 Å². The van der Waals surface area contributed by atoms with Crippen LogP contribution in [0.25, 0.3) is 11.0 Å². The number of benzene rings is 2. The number of hydrogen-bond donors (Lipinski definition) is 3. The lowest BCUT2D eigenvalue weighted by Crippen LogP contribution is -2.38. The van der Waals surface area contributed by atoms with Gasteiger partial charge in [-0.15, -0.1) is 0 Å². The van der Waals surface area contributed by atoms with Crippen molar-refractivity contribution in [3.05, 3.63) is 64.9 Å². The van der Waals surface area contributed by atoms with Crippen LogP contribution in [-0.2, 0) is 0 Å².